The highest BCUT2D eigenvalue weighted by Gasteiger charge is 2.36. The molecule has 2 N–H and O–H groups in total. The standard InChI is InChI=1S/C13H21BrN2O2/c1-6-16-8-9(14)7-10(16)11(17)15-12(2,3)13(4,5)18/h7-8,18H,6H2,1-5H3,(H,15,17). The second-order valence-corrected chi connectivity index (χ2v) is 6.38. The van der Waals surface area contributed by atoms with Crippen molar-refractivity contribution in [2.24, 2.45) is 0 Å². The molecule has 0 spiro atoms. The van der Waals surface area contributed by atoms with Crippen molar-refractivity contribution in [3.8, 4) is 0 Å². The topological polar surface area (TPSA) is 54.3 Å². The summed E-state index contributed by atoms with van der Waals surface area (Å²) in [5.74, 6) is -0.185. The van der Waals surface area contributed by atoms with E-state index in [1.54, 1.807) is 33.8 Å². The van der Waals surface area contributed by atoms with Gasteiger partial charge in [-0.15, -0.1) is 0 Å². The minimum atomic E-state index is -0.996. The fraction of sp³-hybridized carbons (Fsp3) is 0.615. The number of nitrogens with zero attached hydrogens (tertiary/aromatic N) is 1. The lowest BCUT2D eigenvalue weighted by atomic mass is 9.86. The molecule has 0 radical (unpaired) electrons. The number of aromatic nitrogens is 1. The second kappa shape index (κ2) is 5.05. The predicted octanol–water partition coefficient (Wildman–Crippen LogP) is 2.55. The fourth-order valence-electron chi connectivity index (χ4n) is 1.43. The van der Waals surface area contributed by atoms with Crippen LogP contribution in [0, 0.1) is 0 Å². The monoisotopic (exact) mass is 316 g/mol. The number of aliphatic hydroxyl groups is 1. The summed E-state index contributed by atoms with van der Waals surface area (Å²) >= 11 is 3.36. The van der Waals surface area contributed by atoms with E-state index < -0.39 is 11.1 Å². The number of carbonyl (C=O) groups excluding carboxylic acids is 1. The lowest BCUT2D eigenvalue weighted by molar-refractivity contribution is -0.00309. The molecule has 0 fully saturated rings. The summed E-state index contributed by atoms with van der Waals surface area (Å²) in [7, 11) is 0. The summed E-state index contributed by atoms with van der Waals surface area (Å²) < 4.78 is 2.73. The third-order valence-electron chi connectivity index (χ3n) is 3.39. The molecule has 1 aromatic rings. The number of carbonyl (C=O) groups is 1. The van der Waals surface area contributed by atoms with E-state index in [0.29, 0.717) is 5.69 Å². The van der Waals surface area contributed by atoms with Crippen molar-refractivity contribution in [2.75, 3.05) is 0 Å². The van der Waals surface area contributed by atoms with E-state index in [4.69, 9.17) is 0 Å². The molecule has 5 heteroatoms. The second-order valence-electron chi connectivity index (χ2n) is 5.47. The molecule has 0 aliphatic carbocycles. The van der Waals surface area contributed by atoms with Crippen LogP contribution in [0.2, 0.25) is 0 Å². The molecule has 1 rings (SSSR count). The van der Waals surface area contributed by atoms with Gasteiger partial charge in [-0.1, -0.05) is 0 Å². The van der Waals surface area contributed by atoms with Crippen molar-refractivity contribution < 1.29 is 9.90 Å². The summed E-state index contributed by atoms with van der Waals surface area (Å²) in [4.78, 5) is 12.2. The molecule has 0 aromatic carbocycles. The number of amides is 1. The number of halogens is 1. The minimum absolute atomic E-state index is 0.185. The van der Waals surface area contributed by atoms with Gasteiger partial charge in [-0.3, -0.25) is 4.79 Å². The van der Waals surface area contributed by atoms with E-state index in [1.165, 1.54) is 0 Å². The molecular formula is C13H21BrN2O2. The minimum Gasteiger partial charge on any atom is -0.388 e. The van der Waals surface area contributed by atoms with Gasteiger partial charge in [-0.05, 0) is 56.6 Å². The van der Waals surface area contributed by atoms with Crippen LogP contribution in [-0.2, 0) is 6.54 Å². The molecule has 0 unspecified atom stereocenters. The van der Waals surface area contributed by atoms with E-state index in [0.717, 1.165) is 11.0 Å². The zero-order chi connectivity index (χ0) is 14.1. The Labute approximate surface area is 117 Å². The Hall–Kier alpha value is -0.810. The van der Waals surface area contributed by atoms with E-state index in [2.05, 4.69) is 21.2 Å². The first kappa shape index (κ1) is 15.2. The van der Waals surface area contributed by atoms with Gasteiger partial charge in [0, 0.05) is 17.2 Å². The van der Waals surface area contributed by atoms with E-state index in [1.807, 2.05) is 17.7 Å². The summed E-state index contributed by atoms with van der Waals surface area (Å²) in [5, 5.41) is 12.9. The van der Waals surface area contributed by atoms with Gasteiger partial charge in [0.05, 0.1) is 11.1 Å². The van der Waals surface area contributed by atoms with Gasteiger partial charge in [-0.2, -0.15) is 0 Å². The first-order valence-electron chi connectivity index (χ1n) is 5.99. The maximum Gasteiger partial charge on any atom is 0.268 e. The van der Waals surface area contributed by atoms with E-state index in [-0.39, 0.29) is 5.91 Å². The van der Waals surface area contributed by atoms with Crippen LogP contribution in [0.3, 0.4) is 0 Å². The highest BCUT2D eigenvalue weighted by atomic mass is 79.9. The molecule has 1 heterocycles. The Morgan fingerprint density at radius 1 is 1.44 bits per heavy atom. The summed E-state index contributed by atoms with van der Waals surface area (Å²) in [6, 6.07) is 1.78. The first-order chi connectivity index (χ1) is 8.08. The van der Waals surface area contributed by atoms with Crippen LogP contribution in [0.15, 0.2) is 16.7 Å². The molecule has 4 nitrogen and oxygen atoms in total. The maximum atomic E-state index is 12.2. The quantitative estimate of drug-likeness (QED) is 0.897. The Bertz CT molecular complexity index is 444. The van der Waals surface area contributed by atoms with Gasteiger partial charge in [-0.25, -0.2) is 0 Å². The third-order valence-corrected chi connectivity index (χ3v) is 3.83. The summed E-state index contributed by atoms with van der Waals surface area (Å²) in [6.45, 7) is 9.67. The summed E-state index contributed by atoms with van der Waals surface area (Å²) in [6.07, 6.45) is 1.87. The van der Waals surface area contributed by atoms with Crippen LogP contribution in [0.1, 0.15) is 45.1 Å². The first-order valence-corrected chi connectivity index (χ1v) is 6.78. The molecule has 18 heavy (non-hydrogen) atoms. The third kappa shape index (κ3) is 3.14. The Kier molecular flexibility index (Phi) is 4.28. The van der Waals surface area contributed by atoms with Crippen molar-refractivity contribution >= 4 is 21.8 Å². The number of aryl methyl sites for hydroxylation is 1. The smallest absolute Gasteiger partial charge is 0.268 e. The molecule has 0 aliphatic heterocycles. The Morgan fingerprint density at radius 2 is 2.00 bits per heavy atom. The Balaban J connectivity index is 2.96. The van der Waals surface area contributed by atoms with Crippen LogP contribution in [0.25, 0.3) is 0 Å². The van der Waals surface area contributed by atoms with Crippen LogP contribution in [-0.4, -0.2) is 26.7 Å². The van der Waals surface area contributed by atoms with Gasteiger partial charge < -0.3 is 15.0 Å². The number of rotatable bonds is 4. The molecule has 1 amide bonds. The molecular weight excluding hydrogens is 296 g/mol. The van der Waals surface area contributed by atoms with Crippen LogP contribution in [0.5, 0.6) is 0 Å². The fourth-order valence-corrected chi connectivity index (χ4v) is 1.89. The molecule has 1 aromatic heterocycles. The summed E-state index contributed by atoms with van der Waals surface area (Å²) in [5.41, 5.74) is -1.12. The van der Waals surface area contributed by atoms with Crippen LogP contribution < -0.4 is 5.32 Å². The lowest BCUT2D eigenvalue weighted by Gasteiger charge is -2.38. The normalized spacial score (nSPS) is 12.6. The average molecular weight is 317 g/mol. The zero-order valence-electron chi connectivity index (χ0n) is 11.5. The highest BCUT2D eigenvalue weighted by molar-refractivity contribution is 9.10. The number of hydrogen-bond acceptors (Lipinski definition) is 2. The molecule has 0 aliphatic rings. The molecule has 0 atom stereocenters. The zero-order valence-corrected chi connectivity index (χ0v) is 13.1. The van der Waals surface area contributed by atoms with Gasteiger partial charge in [0.2, 0.25) is 0 Å². The van der Waals surface area contributed by atoms with Gasteiger partial charge in [0.25, 0.3) is 5.91 Å². The SMILES string of the molecule is CCn1cc(Br)cc1C(=O)NC(C)(C)C(C)(C)O. The maximum absolute atomic E-state index is 12.2. The van der Waals surface area contributed by atoms with Crippen LogP contribution >= 0.6 is 15.9 Å². The largest absolute Gasteiger partial charge is 0.388 e. The molecule has 0 saturated heterocycles. The van der Waals surface area contributed by atoms with Crippen molar-refractivity contribution in [1.82, 2.24) is 9.88 Å². The molecule has 0 bridgehead atoms. The van der Waals surface area contributed by atoms with Gasteiger partial charge in [0.1, 0.15) is 5.69 Å². The number of nitrogens with one attached hydrogen (secondary N) is 1. The molecule has 0 saturated carbocycles. The van der Waals surface area contributed by atoms with Gasteiger partial charge in [0.15, 0.2) is 0 Å². The number of hydrogen-bond donors (Lipinski definition) is 2. The lowest BCUT2D eigenvalue weighted by Crippen LogP contribution is -2.57. The molecule has 102 valence electrons. The van der Waals surface area contributed by atoms with Crippen molar-refractivity contribution in [1.29, 1.82) is 0 Å². The predicted molar refractivity (Wildman–Crippen MR) is 75.6 cm³/mol. The van der Waals surface area contributed by atoms with E-state index in [9.17, 15) is 9.90 Å². The van der Waals surface area contributed by atoms with Crippen molar-refractivity contribution in [3.63, 3.8) is 0 Å². The Morgan fingerprint density at radius 3 is 2.44 bits per heavy atom. The van der Waals surface area contributed by atoms with E-state index >= 15 is 0 Å². The average Bonchev–Trinajstić information content (AvgIpc) is 2.57. The van der Waals surface area contributed by atoms with Crippen molar-refractivity contribution in [3.05, 3.63) is 22.4 Å². The highest BCUT2D eigenvalue weighted by Crippen LogP contribution is 2.22. The van der Waals surface area contributed by atoms with Crippen molar-refractivity contribution in [2.45, 2.75) is 52.3 Å². The van der Waals surface area contributed by atoms with Crippen LogP contribution in [0.4, 0.5) is 0 Å². The van der Waals surface area contributed by atoms with Gasteiger partial charge >= 0.3 is 0 Å².